The summed E-state index contributed by atoms with van der Waals surface area (Å²) >= 11 is 0. The van der Waals surface area contributed by atoms with E-state index in [4.69, 9.17) is 14.6 Å². The second-order valence-corrected chi connectivity index (χ2v) is 6.97. The van der Waals surface area contributed by atoms with Crippen molar-refractivity contribution < 1.29 is 19.4 Å². The highest BCUT2D eigenvalue weighted by molar-refractivity contribution is 5.68. The predicted octanol–water partition coefficient (Wildman–Crippen LogP) is 5.15. The third kappa shape index (κ3) is 6.45. The van der Waals surface area contributed by atoms with Gasteiger partial charge in [-0.1, -0.05) is 38.7 Å². The number of allylic oxidation sites excluding steroid dienone is 1. The molecule has 1 atom stereocenters. The van der Waals surface area contributed by atoms with Crippen LogP contribution in [0, 0.1) is 0 Å². The molecule has 0 spiro atoms. The fourth-order valence-electron chi connectivity index (χ4n) is 3.09. The van der Waals surface area contributed by atoms with Gasteiger partial charge in [0, 0.05) is 0 Å². The fraction of sp³-hybridized carbons (Fsp3) is 0.571. The van der Waals surface area contributed by atoms with Crippen molar-refractivity contribution in [3.8, 4) is 11.5 Å². The van der Waals surface area contributed by atoms with Crippen molar-refractivity contribution in [1.29, 1.82) is 0 Å². The van der Waals surface area contributed by atoms with Gasteiger partial charge < -0.3 is 14.6 Å². The number of ether oxygens (including phenoxy) is 2. The van der Waals surface area contributed by atoms with Crippen molar-refractivity contribution in [1.82, 2.24) is 0 Å². The molecule has 0 aliphatic carbocycles. The monoisotopic (exact) mass is 346 g/mol. The normalized spacial score (nSPS) is 19.4. The van der Waals surface area contributed by atoms with Crippen LogP contribution in [0.15, 0.2) is 30.4 Å². The molecule has 0 radical (unpaired) electrons. The Kier molecular flexibility index (Phi) is 7.35. The van der Waals surface area contributed by atoms with Crippen molar-refractivity contribution >= 4 is 5.97 Å². The van der Waals surface area contributed by atoms with Crippen LogP contribution in [-0.4, -0.2) is 23.3 Å². The van der Waals surface area contributed by atoms with Crippen molar-refractivity contribution in [2.24, 2.45) is 0 Å². The molecule has 25 heavy (non-hydrogen) atoms. The van der Waals surface area contributed by atoms with Crippen LogP contribution in [0.1, 0.15) is 64.4 Å². The van der Waals surface area contributed by atoms with Gasteiger partial charge >= 0.3 is 5.97 Å². The first kappa shape index (κ1) is 19.4. The number of carboxylic acid groups (broad SMARTS) is 1. The average molecular weight is 346 g/mol. The first-order valence-electron chi connectivity index (χ1n) is 9.36. The maximum absolute atomic E-state index is 10.6. The SMILES string of the molecule is CCCCCCCC=CC1(C)CCc2cc(OCC(=O)O)ccc2O1. The van der Waals surface area contributed by atoms with E-state index in [1.165, 1.54) is 32.1 Å². The quantitative estimate of drug-likeness (QED) is 0.470. The minimum Gasteiger partial charge on any atom is -0.483 e. The summed E-state index contributed by atoms with van der Waals surface area (Å²) in [5.41, 5.74) is 0.813. The molecule has 2 rings (SSSR count). The molecule has 1 aromatic rings. The van der Waals surface area contributed by atoms with Crippen molar-refractivity contribution in [2.75, 3.05) is 6.61 Å². The van der Waals surface area contributed by atoms with Crippen LogP contribution in [0.3, 0.4) is 0 Å². The van der Waals surface area contributed by atoms with Crippen LogP contribution in [-0.2, 0) is 11.2 Å². The molecule has 1 aliphatic heterocycles. The summed E-state index contributed by atoms with van der Waals surface area (Å²) in [5.74, 6) is 0.473. The molecular formula is C21H30O4. The molecule has 1 aromatic carbocycles. The number of fused-ring (bicyclic) bond motifs is 1. The molecule has 1 N–H and O–H groups in total. The molecule has 4 heteroatoms. The van der Waals surface area contributed by atoms with Crippen molar-refractivity contribution in [3.05, 3.63) is 35.9 Å². The Hall–Kier alpha value is -1.97. The van der Waals surface area contributed by atoms with E-state index in [1.807, 2.05) is 12.1 Å². The van der Waals surface area contributed by atoms with Gasteiger partial charge in [-0.25, -0.2) is 4.79 Å². The number of aryl methyl sites for hydroxylation is 1. The lowest BCUT2D eigenvalue weighted by Gasteiger charge is -2.33. The van der Waals surface area contributed by atoms with Gasteiger partial charge in [0.2, 0.25) is 0 Å². The van der Waals surface area contributed by atoms with Crippen LogP contribution in [0.4, 0.5) is 0 Å². The van der Waals surface area contributed by atoms with Crippen LogP contribution in [0.2, 0.25) is 0 Å². The maximum Gasteiger partial charge on any atom is 0.341 e. The molecule has 0 bridgehead atoms. The average Bonchev–Trinajstić information content (AvgIpc) is 2.59. The van der Waals surface area contributed by atoms with E-state index in [2.05, 4.69) is 26.0 Å². The zero-order chi connectivity index (χ0) is 18.1. The predicted molar refractivity (Wildman–Crippen MR) is 99.4 cm³/mol. The number of hydrogen-bond donors (Lipinski definition) is 1. The van der Waals surface area contributed by atoms with E-state index >= 15 is 0 Å². The third-order valence-corrected chi connectivity index (χ3v) is 4.57. The number of benzene rings is 1. The lowest BCUT2D eigenvalue weighted by atomic mass is 9.91. The van der Waals surface area contributed by atoms with Gasteiger partial charge in [-0.2, -0.15) is 0 Å². The molecule has 0 aromatic heterocycles. The fourth-order valence-corrected chi connectivity index (χ4v) is 3.09. The van der Waals surface area contributed by atoms with Gasteiger partial charge in [0.15, 0.2) is 6.61 Å². The first-order chi connectivity index (χ1) is 12.0. The largest absolute Gasteiger partial charge is 0.483 e. The zero-order valence-corrected chi connectivity index (χ0v) is 15.4. The maximum atomic E-state index is 10.6. The summed E-state index contributed by atoms with van der Waals surface area (Å²) in [6.45, 7) is 4.04. The number of aliphatic carboxylic acids is 1. The second kappa shape index (κ2) is 9.50. The number of rotatable bonds is 10. The number of hydrogen-bond acceptors (Lipinski definition) is 3. The Bertz CT molecular complexity index is 594. The minimum atomic E-state index is -0.971. The Labute approximate surface area is 150 Å². The lowest BCUT2D eigenvalue weighted by Crippen LogP contribution is -2.34. The molecule has 1 aliphatic rings. The number of carboxylic acids is 1. The Balaban J connectivity index is 1.85. The highest BCUT2D eigenvalue weighted by Crippen LogP contribution is 2.36. The van der Waals surface area contributed by atoms with Gasteiger partial charge in [-0.05, 0) is 62.4 Å². The summed E-state index contributed by atoms with van der Waals surface area (Å²) in [6.07, 6.45) is 13.9. The highest BCUT2D eigenvalue weighted by Gasteiger charge is 2.29. The molecule has 0 saturated carbocycles. The Morgan fingerprint density at radius 2 is 2.12 bits per heavy atom. The summed E-state index contributed by atoms with van der Waals surface area (Å²) < 4.78 is 11.4. The Morgan fingerprint density at radius 3 is 2.88 bits per heavy atom. The minimum absolute atomic E-state index is 0.264. The molecule has 4 nitrogen and oxygen atoms in total. The standard InChI is InChI=1S/C21H30O4/c1-3-4-5-6-7-8-9-13-21(2)14-12-17-15-18(24-16-20(22)23)10-11-19(17)25-21/h9-11,13,15H,3-8,12,14,16H2,1-2H3,(H,22,23). The third-order valence-electron chi connectivity index (χ3n) is 4.57. The highest BCUT2D eigenvalue weighted by atomic mass is 16.5. The number of unbranched alkanes of at least 4 members (excludes halogenated alkanes) is 5. The van der Waals surface area contributed by atoms with E-state index in [1.54, 1.807) is 6.07 Å². The molecule has 0 fully saturated rings. The summed E-state index contributed by atoms with van der Waals surface area (Å²) in [5, 5.41) is 8.69. The van der Waals surface area contributed by atoms with E-state index in [9.17, 15) is 4.79 Å². The lowest BCUT2D eigenvalue weighted by molar-refractivity contribution is -0.139. The van der Waals surface area contributed by atoms with Crippen LogP contribution < -0.4 is 9.47 Å². The molecular weight excluding hydrogens is 316 g/mol. The summed E-state index contributed by atoms with van der Waals surface area (Å²) in [7, 11) is 0. The van der Waals surface area contributed by atoms with E-state index in [-0.39, 0.29) is 12.2 Å². The van der Waals surface area contributed by atoms with Gasteiger partial charge in [0.25, 0.3) is 0 Å². The molecule has 0 saturated heterocycles. The van der Waals surface area contributed by atoms with Gasteiger partial charge in [0.05, 0.1) is 0 Å². The van der Waals surface area contributed by atoms with E-state index in [0.717, 1.165) is 30.6 Å². The zero-order valence-electron chi connectivity index (χ0n) is 15.4. The van der Waals surface area contributed by atoms with Crippen LogP contribution in [0.25, 0.3) is 0 Å². The second-order valence-electron chi connectivity index (χ2n) is 6.97. The first-order valence-corrected chi connectivity index (χ1v) is 9.36. The van der Waals surface area contributed by atoms with Gasteiger partial charge in [-0.3, -0.25) is 0 Å². The van der Waals surface area contributed by atoms with E-state index < -0.39 is 5.97 Å². The van der Waals surface area contributed by atoms with Crippen LogP contribution >= 0.6 is 0 Å². The van der Waals surface area contributed by atoms with E-state index in [0.29, 0.717) is 5.75 Å². The van der Waals surface area contributed by atoms with Crippen LogP contribution in [0.5, 0.6) is 11.5 Å². The molecule has 0 amide bonds. The number of carbonyl (C=O) groups is 1. The Morgan fingerprint density at radius 1 is 1.32 bits per heavy atom. The summed E-state index contributed by atoms with van der Waals surface area (Å²) in [4.78, 5) is 10.6. The molecule has 138 valence electrons. The summed E-state index contributed by atoms with van der Waals surface area (Å²) in [6, 6.07) is 5.53. The van der Waals surface area contributed by atoms with Gasteiger partial charge in [0.1, 0.15) is 17.1 Å². The molecule has 1 heterocycles. The van der Waals surface area contributed by atoms with Crippen molar-refractivity contribution in [2.45, 2.75) is 70.8 Å². The molecule has 1 unspecified atom stereocenters. The van der Waals surface area contributed by atoms with Crippen molar-refractivity contribution in [3.63, 3.8) is 0 Å². The topological polar surface area (TPSA) is 55.8 Å². The smallest absolute Gasteiger partial charge is 0.341 e. The van der Waals surface area contributed by atoms with Gasteiger partial charge in [-0.15, -0.1) is 0 Å².